The minimum atomic E-state index is -0.921. The summed E-state index contributed by atoms with van der Waals surface area (Å²) in [6.07, 6.45) is 3.10. The van der Waals surface area contributed by atoms with Crippen LogP contribution in [-0.4, -0.2) is 36.0 Å². The first-order chi connectivity index (χ1) is 16.3. The third-order valence-corrected chi connectivity index (χ3v) is 6.20. The largest absolute Gasteiger partial charge is 0.507 e. The van der Waals surface area contributed by atoms with Crippen LogP contribution in [0.15, 0.2) is 60.4 Å². The highest BCUT2D eigenvalue weighted by Gasteiger charge is 2.47. The van der Waals surface area contributed by atoms with E-state index in [1.54, 1.807) is 36.7 Å². The van der Waals surface area contributed by atoms with Crippen molar-refractivity contribution in [1.82, 2.24) is 4.98 Å². The Balaban J connectivity index is 2.00. The molecule has 1 aliphatic heterocycles. The maximum absolute atomic E-state index is 13.3. The number of nitrogens with zero attached hydrogens (tertiary/aromatic N) is 2. The quantitative estimate of drug-likeness (QED) is 0.290. The molecule has 1 N–H and O–H groups in total. The zero-order valence-corrected chi connectivity index (χ0v) is 20.0. The van der Waals surface area contributed by atoms with E-state index in [0.29, 0.717) is 11.3 Å². The highest BCUT2D eigenvalue weighted by molar-refractivity contribution is 6.52. The Labute approximate surface area is 206 Å². The summed E-state index contributed by atoms with van der Waals surface area (Å²) in [6.45, 7) is 1.92. The fourth-order valence-corrected chi connectivity index (χ4v) is 4.64. The molecule has 1 fully saturated rings. The third kappa shape index (κ3) is 3.87. The van der Waals surface area contributed by atoms with Crippen molar-refractivity contribution in [2.45, 2.75) is 13.0 Å². The summed E-state index contributed by atoms with van der Waals surface area (Å²) in [7, 11) is 2.75. The van der Waals surface area contributed by atoms with E-state index in [2.05, 4.69) is 4.98 Å². The fraction of sp³-hybridized carbons (Fsp3) is 0.160. The molecular weight excluding hydrogens is 479 g/mol. The second-order valence-electron chi connectivity index (χ2n) is 7.57. The van der Waals surface area contributed by atoms with Crippen LogP contribution in [0.1, 0.15) is 22.7 Å². The Morgan fingerprint density at radius 3 is 2.21 bits per heavy atom. The maximum Gasteiger partial charge on any atom is 0.300 e. The molecule has 0 saturated carbocycles. The second-order valence-corrected chi connectivity index (χ2v) is 8.36. The predicted octanol–water partition coefficient (Wildman–Crippen LogP) is 5.34. The summed E-state index contributed by atoms with van der Waals surface area (Å²) in [5, 5.41) is 11.5. The average molecular weight is 499 g/mol. The predicted molar refractivity (Wildman–Crippen MR) is 130 cm³/mol. The molecule has 0 spiro atoms. The van der Waals surface area contributed by atoms with Gasteiger partial charge in [-0.15, -0.1) is 0 Å². The minimum Gasteiger partial charge on any atom is -0.507 e. The smallest absolute Gasteiger partial charge is 0.300 e. The van der Waals surface area contributed by atoms with E-state index in [-0.39, 0.29) is 32.7 Å². The molecule has 1 atom stereocenters. The van der Waals surface area contributed by atoms with Crippen molar-refractivity contribution in [2.24, 2.45) is 0 Å². The van der Waals surface area contributed by atoms with Crippen LogP contribution in [0.4, 0.5) is 5.69 Å². The van der Waals surface area contributed by atoms with Crippen molar-refractivity contribution in [2.75, 3.05) is 19.1 Å². The maximum atomic E-state index is 13.3. The van der Waals surface area contributed by atoms with E-state index < -0.39 is 23.5 Å². The van der Waals surface area contributed by atoms with Gasteiger partial charge >= 0.3 is 0 Å². The molecule has 3 aromatic rings. The number of ketones is 1. The van der Waals surface area contributed by atoms with Crippen molar-refractivity contribution in [3.8, 4) is 11.5 Å². The summed E-state index contributed by atoms with van der Waals surface area (Å²) in [5.41, 5.74) is 2.01. The molecule has 7 nitrogen and oxygen atoms in total. The van der Waals surface area contributed by atoms with Crippen molar-refractivity contribution in [3.05, 3.63) is 87.2 Å². The zero-order valence-electron chi connectivity index (χ0n) is 18.5. The number of ether oxygens (including phenoxy) is 2. The Kier molecular flexibility index (Phi) is 6.50. The van der Waals surface area contributed by atoms with Crippen LogP contribution in [0.5, 0.6) is 11.5 Å². The number of anilines is 1. The summed E-state index contributed by atoms with van der Waals surface area (Å²) in [5.74, 6) is -1.90. The third-order valence-electron chi connectivity index (χ3n) is 5.57. The van der Waals surface area contributed by atoms with Gasteiger partial charge in [0.05, 0.1) is 36.4 Å². The number of aryl methyl sites for hydroxylation is 1. The SMILES string of the molecule is COc1c(Cl)cc(/C(O)=C2\C(=O)C(=O)N(c3ccc(C)cc3)C2c2ccncc2)c(OC)c1Cl. The monoisotopic (exact) mass is 498 g/mol. The topological polar surface area (TPSA) is 89.0 Å². The molecule has 2 aromatic carbocycles. The van der Waals surface area contributed by atoms with Crippen LogP contribution < -0.4 is 14.4 Å². The molecule has 174 valence electrons. The van der Waals surface area contributed by atoms with Gasteiger partial charge in [0.25, 0.3) is 11.7 Å². The number of methoxy groups -OCH3 is 2. The number of carbonyl (C=O) groups is 2. The van der Waals surface area contributed by atoms with E-state index in [9.17, 15) is 14.7 Å². The Morgan fingerprint density at radius 1 is 1.00 bits per heavy atom. The standard InChI is InChI=1S/C25H20Cl2N2O5/c1-13-4-6-15(7-5-13)29-20(14-8-10-28-11-9-14)18(22(31)25(29)32)21(30)16-12-17(26)24(34-3)19(27)23(16)33-2/h4-12,20,30H,1-3H3/b21-18+. The number of aromatic nitrogens is 1. The number of Topliss-reactive ketones (excluding diaryl/α,β-unsaturated/α-hetero) is 1. The van der Waals surface area contributed by atoms with Gasteiger partial charge < -0.3 is 14.6 Å². The molecule has 0 bridgehead atoms. The van der Waals surface area contributed by atoms with Crippen molar-refractivity contribution in [3.63, 3.8) is 0 Å². The first kappa shape index (κ1) is 23.6. The summed E-state index contributed by atoms with van der Waals surface area (Å²) in [6, 6.07) is 11.0. The van der Waals surface area contributed by atoms with Gasteiger partial charge in [-0.25, -0.2) is 0 Å². The van der Waals surface area contributed by atoms with Crippen LogP contribution in [0.2, 0.25) is 10.0 Å². The van der Waals surface area contributed by atoms with Crippen molar-refractivity contribution >= 4 is 46.3 Å². The van der Waals surface area contributed by atoms with Gasteiger partial charge in [-0.2, -0.15) is 0 Å². The van der Waals surface area contributed by atoms with E-state index >= 15 is 0 Å². The first-order valence-corrected chi connectivity index (χ1v) is 10.9. The molecule has 1 amide bonds. The Hall–Kier alpha value is -3.55. The normalized spacial score (nSPS) is 17.2. The number of hydrogen-bond donors (Lipinski definition) is 1. The number of rotatable bonds is 5. The Bertz CT molecular complexity index is 1310. The number of carbonyl (C=O) groups excluding carboxylic acids is 2. The average Bonchev–Trinajstić information content (AvgIpc) is 3.10. The van der Waals surface area contributed by atoms with Gasteiger partial charge in [0.15, 0.2) is 11.5 Å². The number of hydrogen-bond acceptors (Lipinski definition) is 6. The van der Waals surface area contributed by atoms with Gasteiger partial charge in [0, 0.05) is 18.1 Å². The van der Waals surface area contributed by atoms with Gasteiger partial charge in [-0.1, -0.05) is 40.9 Å². The lowest BCUT2D eigenvalue weighted by Crippen LogP contribution is -2.29. The summed E-state index contributed by atoms with van der Waals surface area (Å²) in [4.78, 5) is 31.9. The highest BCUT2D eigenvalue weighted by Crippen LogP contribution is 2.48. The van der Waals surface area contributed by atoms with Gasteiger partial charge in [0.1, 0.15) is 10.8 Å². The van der Waals surface area contributed by atoms with E-state index in [1.165, 1.54) is 25.2 Å². The number of benzene rings is 2. The lowest BCUT2D eigenvalue weighted by molar-refractivity contribution is -0.132. The van der Waals surface area contributed by atoms with Gasteiger partial charge in [-0.05, 0) is 42.8 Å². The Morgan fingerprint density at radius 2 is 1.62 bits per heavy atom. The number of halogens is 2. The molecule has 1 unspecified atom stereocenters. The van der Waals surface area contributed by atoms with Crippen molar-refractivity contribution < 1.29 is 24.2 Å². The summed E-state index contributed by atoms with van der Waals surface area (Å²) < 4.78 is 10.6. The van der Waals surface area contributed by atoms with Crippen LogP contribution >= 0.6 is 23.2 Å². The lowest BCUT2D eigenvalue weighted by Gasteiger charge is -2.25. The molecule has 0 radical (unpaired) electrons. The molecule has 0 aliphatic carbocycles. The number of aliphatic hydroxyl groups excluding tert-OH is 1. The van der Waals surface area contributed by atoms with Gasteiger partial charge in [-0.3, -0.25) is 19.5 Å². The number of aliphatic hydroxyl groups is 1. The molecule has 1 saturated heterocycles. The van der Waals surface area contributed by atoms with E-state index in [0.717, 1.165) is 5.56 Å². The first-order valence-electron chi connectivity index (χ1n) is 10.2. The molecule has 2 heterocycles. The summed E-state index contributed by atoms with van der Waals surface area (Å²) >= 11 is 12.7. The molecule has 9 heteroatoms. The molecule has 1 aliphatic rings. The van der Waals surface area contributed by atoms with Crippen LogP contribution in [0.25, 0.3) is 5.76 Å². The van der Waals surface area contributed by atoms with Crippen LogP contribution in [0.3, 0.4) is 0 Å². The minimum absolute atomic E-state index is 0.0206. The molecule has 34 heavy (non-hydrogen) atoms. The molecule has 1 aromatic heterocycles. The number of amides is 1. The zero-order chi connectivity index (χ0) is 24.6. The van der Waals surface area contributed by atoms with E-state index in [4.69, 9.17) is 32.7 Å². The van der Waals surface area contributed by atoms with Crippen LogP contribution in [0, 0.1) is 6.92 Å². The highest BCUT2D eigenvalue weighted by atomic mass is 35.5. The lowest BCUT2D eigenvalue weighted by atomic mass is 9.95. The molecule has 4 rings (SSSR count). The van der Waals surface area contributed by atoms with Crippen LogP contribution in [-0.2, 0) is 9.59 Å². The second kappa shape index (κ2) is 9.37. The number of pyridine rings is 1. The molecular formula is C25H20Cl2N2O5. The van der Waals surface area contributed by atoms with E-state index in [1.807, 2.05) is 19.1 Å². The van der Waals surface area contributed by atoms with Gasteiger partial charge in [0.2, 0.25) is 0 Å². The fourth-order valence-electron chi connectivity index (χ4n) is 3.96. The van der Waals surface area contributed by atoms with Crippen molar-refractivity contribution in [1.29, 1.82) is 0 Å².